The van der Waals surface area contributed by atoms with Crippen LogP contribution in [-0.2, 0) is 16.0 Å². The number of carbonyl (C=O) groups excluding carboxylic acids is 1. The summed E-state index contributed by atoms with van der Waals surface area (Å²) in [6, 6.07) is 15.2. The van der Waals surface area contributed by atoms with Gasteiger partial charge in [0.2, 0.25) is 5.88 Å². The topological polar surface area (TPSA) is 68.7 Å². The first-order valence-corrected chi connectivity index (χ1v) is 11.4. The molecule has 1 aromatic heterocycles. The average Bonchev–Trinajstić information content (AvgIpc) is 2.72. The van der Waals surface area contributed by atoms with Crippen molar-refractivity contribution in [1.29, 1.82) is 0 Å². The number of pyridine rings is 1. The molecule has 4 rings (SSSR count). The van der Waals surface area contributed by atoms with Crippen molar-refractivity contribution < 1.29 is 19.4 Å². The standard InChI is InChI=1S/C26H26BrNO4/c1-6-15-7-10-18(31-21-12-8-16-13-17(27)9-11-20(16)28-21)14-19(15)22-23(29)25(2,3)32-26(4,5)24(22)30/h7-14,29H,6H2,1-5H3. The van der Waals surface area contributed by atoms with Crippen LogP contribution in [0.1, 0.15) is 45.7 Å². The molecule has 0 fully saturated rings. The van der Waals surface area contributed by atoms with Gasteiger partial charge in [0.1, 0.15) is 22.7 Å². The number of benzene rings is 2. The molecule has 0 bridgehead atoms. The number of halogens is 1. The van der Waals surface area contributed by atoms with Crippen molar-refractivity contribution in [1.82, 2.24) is 4.98 Å². The lowest BCUT2D eigenvalue weighted by atomic mass is 9.81. The number of aryl methyl sites for hydroxylation is 1. The number of fused-ring (bicyclic) bond motifs is 1. The maximum absolute atomic E-state index is 13.3. The predicted octanol–water partition coefficient (Wildman–Crippen LogP) is 6.78. The number of Topliss-reactive ketones (excluding diaryl/α,β-unsaturated/α-hetero) is 1. The van der Waals surface area contributed by atoms with E-state index in [1.165, 1.54) is 0 Å². The van der Waals surface area contributed by atoms with Gasteiger partial charge in [-0.1, -0.05) is 28.9 Å². The summed E-state index contributed by atoms with van der Waals surface area (Å²) >= 11 is 3.47. The minimum absolute atomic E-state index is 0.0666. The summed E-state index contributed by atoms with van der Waals surface area (Å²) < 4.78 is 12.9. The molecule has 32 heavy (non-hydrogen) atoms. The fourth-order valence-corrected chi connectivity index (χ4v) is 4.49. The number of hydrogen-bond donors (Lipinski definition) is 1. The van der Waals surface area contributed by atoms with Crippen LogP contribution in [-0.4, -0.2) is 27.1 Å². The number of aliphatic hydroxyl groups excluding tert-OH is 1. The molecule has 2 aromatic carbocycles. The van der Waals surface area contributed by atoms with Crippen LogP contribution in [0.3, 0.4) is 0 Å². The summed E-state index contributed by atoms with van der Waals surface area (Å²) in [5.74, 6) is 0.669. The van der Waals surface area contributed by atoms with E-state index < -0.39 is 11.2 Å². The van der Waals surface area contributed by atoms with Gasteiger partial charge in [0.25, 0.3) is 0 Å². The average molecular weight is 496 g/mol. The van der Waals surface area contributed by atoms with Crippen LogP contribution in [0, 0.1) is 0 Å². The lowest BCUT2D eigenvalue weighted by Gasteiger charge is -2.40. The number of aromatic nitrogens is 1. The predicted molar refractivity (Wildman–Crippen MR) is 129 cm³/mol. The molecule has 1 aliphatic heterocycles. The fraction of sp³-hybridized carbons (Fsp3) is 0.308. The molecule has 0 saturated heterocycles. The van der Waals surface area contributed by atoms with Crippen LogP contribution in [0.2, 0.25) is 0 Å². The van der Waals surface area contributed by atoms with Crippen molar-refractivity contribution in [3.8, 4) is 11.6 Å². The van der Waals surface area contributed by atoms with E-state index in [0.29, 0.717) is 23.6 Å². The van der Waals surface area contributed by atoms with Gasteiger partial charge in [0.15, 0.2) is 5.78 Å². The number of ketones is 1. The van der Waals surface area contributed by atoms with E-state index in [9.17, 15) is 9.90 Å². The van der Waals surface area contributed by atoms with Gasteiger partial charge < -0.3 is 14.6 Å². The Morgan fingerprint density at radius 2 is 1.78 bits per heavy atom. The molecule has 3 aromatic rings. The monoisotopic (exact) mass is 495 g/mol. The molecule has 1 aliphatic rings. The first-order chi connectivity index (χ1) is 15.0. The largest absolute Gasteiger partial charge is 0.508 e. The van der Waals surface area contributed by atoms with Gasteiger partial charge in [-0.2, -0.15) is 0 Å². The Morgan fingerprint density at radius 1 is 1.03 bits per heavy atom. The molecule has 0 spiro atoms. The summed E-state index contributed by atoms with van der Waals surface area (Å²) in [6.07, 6.45) is 0.699. The third-order valence-electron chi connectivity index (χ3n) is 5.67. The molecule has 0 aliphatic carbocycles. The molecule has 0 amide bonds. The molecule has 1 N–H and O–H groups in total. The number of nitrogens with zero attached hydrogens (tertiary/aromatic N) is 1. The Bertz CT molecular complexity index is 1260. The second-order valence-corrected chi connectivity index (χ2v) is 9.85. The Balaban J connectivity index is 1.78. The normalized spacial score (nSPS) is 17.6. The molecule has 0 atom stereocenters. The number of rotatable bonds is 4. The second-order valence-electron chi connectivity index (χ2n) is 8.94. The summed E-state index contributed by atoms with van der Waals surface area (Å²) in [5.41, 5.74) is 0.660. The summed E-state index contributed by atoms with van der Waals surface area (Å²) in [5, 5.41) is 12.0. The minimum Gasteiger partial charge on any atom is -0.508 e. The Labute approximate surface area is 196 Å². The Hall–Kier alpha value is -2.70. The number of aliphatic hydroxyl groups is 1. The highest BCUT2D eigenvalue weighted by atomic mass is 79.9. The highest BCUT2D eigenvalue weighted by Crippen LogP contribution is 2.42. The third-order valence-corrected chi connectivity index (χ3v) is 6.16. The second kappa shape index (κ2) is 8.01. The first kappa shape index (κ1) is 22.5. The van der Waals surface area contributed by atoms with Crippen LogP contribution in [0.15, 0.2) is 58.8 Å². The van der Waals surface area contributed by atoms with Gasteiger partial charge in [-0.15, -0.1) is 0 Å². The third kappa shape index (κ3) is 4.05. The Kier molecular flexibility index (Phi) is 5.63. The minimum atomic E-state index is -1.05. The van der Waals surface area contributed by atoms with Crippen molar-refractivity contribution in [2.24, 2.45) is 0 Å². The lowest BCUT2D eigenvalue weighted by Crippen LogP contribution is -2.49. The van der Waals surface area contributed by atoms with E-state index in [2.05, 4.69) is 20.9 Å². The number of hydrogen-bond acceptors (Lipinski definition) is 5. The van der Waals surface area contributed by atoms with Crippen LogP contribution >= 0.6 is 15.9 Å². The van der Waals surface area contributed by atoms with E-state index in [0.717, 1.165) is 20.9 Å². The van der Waals surface area contributed by atoms with Gasteiger partial charge in [0, 0.05) is 15.9 Å². The van der Waals surface area contributed by atoms with Gasteiger partial charge in [-0.05, 0) is 81.6 Å². The zero-order valence-electron chi connectivity index (χ0n) is 18.8. The van der Waals surface area contributed by atoms with Crippen molar-refractivity contribution >= 4 is 38.2 Å². The molecule has 166 valence electrons. The van der Waals surface area contributed by atoms with E-state index >= 15 is 0 Å². The van der Waals surface area contributed by atoms with Gasteiger partial charge in [0.05, 0.1) is 11.1 Å². The molecular weight excluding hydrogens is 470 g/mol. The zero-order valence-corrected chi connectivity index (χ0v) is 20.4. The van der Waals surface area contributed by atoms with Crippen LogP contribution in [0.4, 0.5) is 0 Å². The zero-order chi connectivity index (χ0) is 23.3. The van der Waals surface area contributed by atoms with Gasteiger partial charge in [-0.3, -0.25) is 4.79 Å². The molecule has 0 saturated carbocycles. The lowest BCUT2D eigenvalue weighted by molar-refractivity contribution is -0.158. The smallest absolute Gasteiger partial charge is 0.219 e. The number of carbonyl (C=O) groups is 1. The van der Waals surface area contributed by atoms with E-state index in [-0.39, 0.29) is 17.1 Å². The molecule has 5 nitrogen and oxygen atoms in total. The maximum atomic E-state index is 13.3. The van der Waals surface area contributed by atoms with Crippen LogP contribution < -0.4 is 4.74 Å². The summed E-state index contributed by atoms with van der Waals surface area (Å²) in [7, 11) is 0. The molecular formula is C26H26BrNO4. The van der Waals surface area contributed by atoms with Gasteiger partial charge in [-0.25, -0.2) is 4.98 Å². The highest BCUT2D eigenvalue weighted by Gasteiger charge is 2.47. The number of ether oxygens (including phenoxy) is 2. The maximum Gasteiger partial charge on any atom is 0.219 e. The Morgan fingerprint density at radius 3 is 2.50 bits per heavy atom. The summed E-state index contributed by atoms with van der Waals surface area (Å²) in [4.78, 5) is 17.8. The SMILES string of the molecule is CCc1ccc(Oc2ccc3cc(Br)ccc3n2)cc1C1=C(O)C(C)(C)OC(C)(C)C1=O. The highest BCUT2D eigenvalue weighted by molar-refractivity contribution is 9.10. The molecule has 2 heterocycles. The summed E-state index contributed by atoms with van der Waals surface area (Å²) in [6.45, 7) is 9.00. The van der Waals surface area contributed by atoms with Crippen molar-refractivity contribution in [3.05, 3.63) is 69.9 Å². The van der Waals surface area contributed by atoms with Crippen molar-refractivity contribution in [3.63, 3.8) is 0 Å². The molecule has 0 radical (unpaired) electrons. The van der Waals surface area contributed by atoms with E-state index in [4.69, 9.17) is 9.47 Å². The van der Waals surface area contributed by atoms with Crippen LogP contribution in [0.25, 0.3) is 16.5 Å². The first-order valence-electron chi connectivity index (χ1n) is 10.6. The van der Waals surface area contributed by atoms with Crippen molar-refractivity contribution in [2.75, 3.05) is 0 Å². The fourth-order valence-electron chi connectivity index (χ4n) is 4.11. The molecule has 6 heteroatoms. The van der Waals surface area contributed by atoms with Crippen molar-refractivity contribution in [2.45, 2.75) is 52.2 Å². The van der Waals surface area contributed by atoms with Gasteiger partial charge >= 0.3 is 0 Å². The van der Waals surface area contributed by atoms with E-state index in [1.54, 1.807) is 33.8 Å². The van der Waals surface area contributed by atoms with E-state index in [1.807, 2.05) is 49.4 Å². The quantitative estimate of drug-likeness (QED) is 0.431. The van der Waals surface area contributed by atoms with Crippen LogP contribution in [0.5, 0.6) is 11.6 Å². The molecule has 0 unspecified atom stereocenters.